The van der Waals surface area contributed by atoms with Gasteiger partial charge in [-0.25, -0.2) is 0 Å². The van der Waals surface area contributed by atoms with E-state index in [1.807, 2.05) is 12.4 Å². The van der Waals surface area contributed by atoms with Gasteiger partial charge in [-0.2, -0.15) is 0 Å². The SMILES string of the molecule is c1ccc(-c2ccc3c(c2)c(-c2ccc4cc(-c5cc6c7ccc(-c8ccccc8)c8c7c(cc6c6ccc(-c7ccccc7)cc56)-c5ncccc5-8)ccc4c2)cc2c4ccc(-c5ccccc5)c5c4c(cc32)-c2ncccc2-5)cc1. The van der Waals surface area contributed by atoms with Crippen LogP contribution in [0.15, 0.2) is 279 Å². The number of aromatic nitrogens is 2. The molecule has 0 aliphatic heterocycles. The number of fused-ring (bicyclic) bond motifs is 15. The fourth-order valence-corrected chi connectivity index (χ4v) is 14.3. The van der Waals surface area contributed by atoms with Crippen molar-refractivity contribution in [1.82, 2.24) is 9.97 Å². The summed E-state index contributed by atoms with van der Waals surface area (Å²) >= 11 is 0. The first kappa shape index (κ1) is 45.1. The Hall–Kier alpha value is -10.8. The number of pyridine rings is 2. The molecule has 0 unspecified atom stereocenters. The van der Waals surface area contributed by atoms with Gasteiger partial charge in [-0.15, -0.1) is 0 Å². The van der Waals surface area contributed by atoms with Gasteiger partial charge in [-0.3, -0.25) is 9.97 Å². The molecule has 0 amide bonds. The summed E-state index contributed by atoms with van der Waals surface area (Å²) in [4.78, 5) is 10.2. The quantitative estimate of drug-likeness (QED) is 0.155. The van der Waals surface area contributed by atoms with Crippen molar-refractivity contribution in [2.24, 2.45) is 0 Å². The topological polar surface area (TPSA) is 25.8 Å². The summed E-state index contributed by atoms with van der Waals surface area (Å²) in [5.74, 6) is 0. The van der Waals surface area contributed by atoms with Gasteiger partial charge in [0.05, 0.1) is 11.4 Å². The van der Waals surface area contributed by atoms with Crippen molar-refractivity contribution in [3.05, 3.63) is 279 Å². The maximum Gasteiger partial charge on any atom is 0.0787 e. The van der Waals surface area contributed by atoms with Crippen molar-refractivity contribution in [3.8, 4) is 112 Å². The first-order valence-corrected chi connectivity index (χ1v) is 28.3. The second kappa shape index (κ2) is 17.3. The Kier molecular flexibility index (Phi) is 9.54. The highest BCUT2D eigenvalue weighted by Crippen LogP contribution is 2.56. The molecule has 0 bridgehead atoms. The van der Waals surface area contributed by atoms with E-state index in [0.29, 0.717) is 0 Å². The van der Waals surface area contributed by atoms with Gasteiger partial charge in [0, 0.05) is 56.5 Å². The molecule has 2 aromatic heterocycles. The third-order valence-electron chi connectivity index (χ3n) is 18.0. The zero-order chi connectivity index (χ0) is 53.6. The van der Waals surface area contributed by atoms with Crippen molar-refractivity contribution in [2.75, 3.05) is 0 Å². The zero-order valence-electron chi connectivity index (χ0n) is 44.5. The molecule has 0 N–H and O–H groups in total. The van der Waals surface area contributed by atoms with Gasteiger partial charge in [0.2, 0.25) is 0 Å². The van der Waals surface area contributed by atoms with E-state index in [2.05, 4.69) is 267 Å². The summed E-state index contributed by atoms with van der Waals surface area (Å²) in [6.07, 6.45) is 3.88. The largest absolute Gasteiger partial charge is 0.256 e. The van der Waals surface area contributed by atoms with Crippen LogP contribution in [0.5, 0.6) is 0 Å². The number of benzene rings is 14. The lowest BCUT2D eigenvalue weighted by atomic mass is 9.85. The van der Waals surface area contributed by atoms with Crippen LogP contribution in [0.2, 0.25) is 0 Å². The minimum Gasteiger partial charge on any atom is -0.256 e. The van der Waals surface area contributed by atoms with Gasteiger partial charge in [0.25, 0.3) is 0 Å². The van der Waals surface area contributed by atoms with Gasteiger partial charge in [0.1, 0.15) is 0 Å². The van der Waals surface area contributed by atoms with E-state index < -0.39 is 0 Å². The summed E-state index contributed by atoms with van der Waals surface area (Å²) in [7, 11) is 0. The highest BCUT2D eigenvalue weighted by molar-refractivity contribution is 6.32. The number of rotatable bonds is 6. The first-order chi connectivity index (χ1) is 40.7. The van der Waals surface area contributed by atoms with Crippen molar-refractivity contribution in [1.29, 1.82) is 0 Å². The molecule has 0 spiro atoms. The molecule has 2 heteroatoms. The zero-order valence-corrected chi connectivity index (χ0v) is 44.5. The molecular weight excluding hydrogens is 989 g/mol. The van der Waals surface area contributed by atoms with E-state index in [-0.39, 0.29) is 0 Å². The fourth-order valence-electron chi connectivity index (χ4n) is 14.3. The molecule has 14 aromatic carbocycles. The molecule has 2 aliphatic carbocycles. The van der Waals surface area contributed by atoms with Crippen molar-refractivity contribution < 1.29 is 0 Å². The number of hydrogen-bond acceptors (Lipinski definition) is 2. The molecule has 0 saturated carbocycles. The summed E-state index contributed by atoms with van der Waals surface area (Å²) in [5.41, 5.74) is 23.9. The molecule has 0 saturated heterocycles. The Bertz CT molecular complexity index is 5070. The van der Waals surface area contributed by atoms with E-state index in [1.165, 1.54) is 176 Å². The molecule has 376 valence electrons. The second-order valence-electron chi connectivity index (χ2n) is 22.3. The van der Waals surface area contributed by atoms with Crippen LogP contribution in [0.3, 0.4) is 0 Å². The Labute approximate surface area is 473 Å². The normalized spacial score (nSPS) is 12.1. The molecule has 2 heterocycles. The maximum atomic E-state index is 5.08. The Balaban J connectivity index is 0.851. The van der Waals surface area contributed by atoms with Crippen LogP contribution in [0.25, 0.3) is 187 Å². The molecule has 0 fully saturated rings. The Morgan fingerprint density at radius 2 is 0.549 bits per heavy atom. The van der Waals surface area contributed by atoms with E-state index in [9.17, 15) is 0 Å². The van der Waals surface area contributed by atoms with Crippen molar-refractivity contribution >= 4 is 75.4 Å². The molecule has 2 nitrogen and oxygen atoms in total. The predicted octanol–water partition coefficient (Wildman–Crippen LogP) is 21.8. The van der Waals surface area contributed by atoms with Crippen LogP contribution in [0.1, 0.15) is 0 Å². The molecule has 18 rings (SSSR count). The lowest BCUT2D eigenvalue weighted by Crippen LogP contribution is -1.91. The van der Waals surface area contributed by atoms with Gasteiger partial charge in [-0.05, 0) is 192 Å². The maximum absolute atomic E-state index is 5.08. The lowest BCUT2D eigenvalue weighted by Gasteiger charge is -2.18. The van der Waals surface area contributed by atoms with Gasteiger partial charge < -0.3 is 0 Å². The lowest BCUT2D eigenvalue weighted by molar-refractivity contribution is 1.35. The Morgan fingerprint density at radius 1 is 0.183 bits per heavy atom. The van der Waals surface area contributed by atoms with Crippen LogP contribution in [0.4, 0.5) is 0 Å². The average molecular weight is 1040 g/mol. The van der Waals surface area contributed by atoms with Crippen LogP contribution < -0.4 is 0 Å². The summed E-state index contributed by atoms with van der Waals surface area (Å²) in [6, 6.07) is 99.4. The monoisotopic (exact) mass is 1030 g/mol. The van der Waals surface area contributed by atoms with Crippen LogP contribution in [0, 0.1) is 0 Å². The summed E-state index contributed by atoms with van der Waals surface area (Å²) < 4.78 is 0. The van der Waals surface area contributed by atoms with Crippen molar-refractivity contribution in [3.63, 3.8) is 0 Å². The standard InChI is InChI=1S/C80H46N2/c1-5-15-47(16-6-1)53-29-31-59-67(41-53)65(43-71-61-35-33-57(49-19-9-3-10-20-49)75-63-23-13-37-81-79(63)73(77(61)75)45-69(59)71)55-27-25-52-40-56(28-26-51(52)39-55)66-44-72-62-36-34-58(50-21-11-4-12-22-50)76-64-24-14-38-82-80(64)74(78(62)76)46-70(72)60-32-30-54(42-68(60)66)48-17-7-2-8-18-48/h1-46H. The minimum atomic E-state index is 1.05. The predicted molar refractivity (Wildman–Crippen MR) is 346 cm³/mol. The molecule has 0 radical (unpaired) electrons. The van der Waals surface area contributed by atoms with E-state index in [1.54, 1.807) is 0 Å². The van der Waals surface area contributed by atoms with Gasteiger partial charge in [0.15, 0.2) is 0 Å². The minimum absolute atomic E-state index is 1.05. The fraction of sp³-hybridized carbons (Fsp3) is 0. The second-order valence-corrected chi connectivity index (χ2v) is 22.3. The summed E-state index contributed by atoms with van der Waals surface area (Å²) in [6.45, 7) is 0. The van der Waals surface area contributed by atoms with Crippen LogP contribution in [-0.4, -0.2) is 9.97 Å². The van der Waals surface area contributed by atoms with E-state index in [4.69, 9.17) is 9.97 Å². The molecular formula is C80H46N2. The average Bonchev–Trinajstić information content (AvgIpc) is 2.97. The molecule has 82 heavy (non-hydrogen) atoms. The van der Waals surface area contributed by atoms with E-state index >= 15 is 0 Å². The molecule has 0 atom stereocenters. The molecule has 2 aliphatic rings. The van der Waals surface area contributed by atoms with Crippen LogP contribution in [-0.2, 0) is 0 Å². The first-order valence-electron chi connectivity index (χ1n) is 28.3. The highest BCUT2D eigenvalue weighted by Gasteiger charge is 2.30. The number of nitrogens with zero attached hydrogens (tertiary/aromatic N) is 2. The van der Waals surface area contributed by atoms with E-state index in [0.717, 1.165) is 11.4 Å². The summed E-state index contributed by atoms with van der Waals surface area (Å²) in [5, 5.41) is 17.3. The van der Waals surface area contributed by atoms with Gasteiger partial charge in [-0.1, -0.05) is 206 Å². The van der Waals surface area contributed by atoms with Gasteiger partial charge >= 0.3 is 0 Å². The number of hydrogen-bond donors (Lipinski definition) is 0. The molecule has 16 aromatic rings. The Morgan fingerprint density at radius 3 is 0.976 bits per heavy atom. The van der Waals surface area contributed by atoms with Crippen molar-refractivity contribution in [2.45, 2.75) is 0 Å². The smallest absolute Gasteiger partial charge is 0.0787 e. The van der Waals surface area contributed by atoms with Crippen LogP contribution >= 0.6 is 0 Å². The third kappa shape index (κ3) is 6.58. The third-order valence-corrected chi connectivity index (χ3v) is 18.0. The highest BCUT2D eigenvalue weighted by atomic mass is 14.7.